The Morgan fingerprint density at radius 3 is 2.48 bits per heavy atom. The number of ether oxygens (including phenoxy) is 1. The van der Waals surface area contributed by atoms with E-state index in [2.05, 4.69) is 4.72 Å². The Morgan fingerprint density at radius 2 is 1.96 bits per heavy atom. The molecule has 1 aromatic carbocycles. The number of hydrogen-bond acceptors (Lipinski definition) is 5. The number of rotatable bonds is 6. The Morgan fingerprint density at radius 1 is 1.32 bits per heavy atom. The number of piperidine rings is 1. The largest absolute Gasteiger partial charge is 0.496 e. The zero-order chi connectivity index (χ0) is 18.6. The molecule has 1 heterocycles. The fraction of sp³-hybridized carbons (Fsp3) is 0.500. The van der Waals surface area contributed by atoms with Crippen LogP contribution in [-0.4, -0.2) is 51.9 Å². The molecule has 0 aromatic heterocycles. The number of likely N-dealkylation sites (tertiary alicyclic amines) is 1. The van der Waals surface area contributed by atoms with Gasteiger partial charge in [0.25, 0.3) is 5.91 Å². The van der Waals surface area contributed by atoms with Crippen LogP contribution < -0.4 is 15.2 Å². The van der Waals surface area contributed by atoms with Gasteiger partial charge in [0.2, 0.25) is 15.9 Å². The molecular formula is C16H23N3O5S. The van der Waals surface area contributed by atoms with Crippen molar-refractivity contribution in [3.8, 4) is 5.75 Å². The maximum Gasteiger partial charge on any atom is 0.257 e. The van der Waals surface area contributed by atoms with E-state index < -0.39 is 10.0 Å². The zero-order valence-electron chi connectivity index (χ0n) is 14.3. The van der Waals surface area contributed by atoms with Crippen LogP contribution in [0, 0.1) is 5.92 Å². The van der Waals surface area contributed by atoms with Gasteiger partial charge in [-0.3, -0.25) is 9.59 Å². The molecule has 0 radical (unpaired) electrons. The lowest BCUT2D eigenvalue weighted by molar-refractivity contribution is -0.123. The molecule has 0 aliphatic carbocycles. The number of nitrogens with zero attached hydrogens (tertiary/aromatic N) is 1. The summed E-state index contributed by atoms with van der Waals surface area (Å²) in [4.78, 5) is 25.6. The number of sulfonamides is 1. The number of nitrogens with one attached hydrogen (secondary N) is 1. The summed E-state index contributed by atoms with van der Waals surface area (Å²) in [6.07, 6.45) is 0.998. The van der Waals surface area contributed by atoms with Gasteiger partial charge in [0.1, 0.15) is 5.75 Å². The van der Waals surface area contributed by atoms with Crippen molar-refractivity contribution in [2.45, 2.75) is 24.7 Å². The minimum atomic E-state index is -3.68. The first kappa shape index (κ1) is 19.2. The molecule has 1 aromatic rings. The summed E-state index contributed by atoms with van der Waals surface area (Å²) in [5, 5.41) is 0. The smallest absolute Gasteiger partial charge is 0.257 e. The van der Waals surface area contributed by atoms with Crippen molar-refractivity contribution in [3.05, 3.63) is 23.8 Å². The molecule has 0 saturated carbocycles. The number of amides is 2. The van der Waals surface area contributed by atoms with Crippen LogP contribution in [0.15, 0.2) is 23.1 Å². The normalized spacial score (nSPS) is 15.8. The van der Waals surface area contributed by atoms with Crippen LogP contribution in [-0.2, 0) is 14.8 Å². The van der Waals surface area contributed by atoms with E-state index in [9.17, 15) is 18.0 Å². The molecule has 0 bridgehead atoms. The molecule has 9 heteroatoms. The molecule has 138 valence electrons. The van der Waals surface area contributed by atoms with Gasteiger partial charge in [0, 0.05) is 25.6 Å². The molecule has 25 heavy (non-hydrogen) atoms. The van der Waals surface area contributed by atoms with Gasteiger partial charge in [-0.2, -0.15) is 0 Å². The Labute approximate surface area is 147 Å². The van der Waals surface area contributed by atoms with Gasteiger partial charge in [-0.25, -0.2) is 13.1 Å². The molecule has 0 unspecified atom stereocenters. The van der Waals surface area contributed by atoms with Crippen LogP contribution in [0.4, 0.5) is 0 Å². The third-order valence-corrected chi connectivity index (χ3v) is 5.77. The van der Waals surface area contributed by atoms with E-state index in [4.69, 9.17) is 10.5 Å². The number of nitrogens with two attached hydrogens (primary N) is 1. The lowest BCUT2D eigenvalue weighted by Gasteiger charge is -2.31. The van der Waals surface area contributed by atoms with Crippen LogP contribution in [0.1, 0.15) is 30.1 Å². The lowest BCUT2D eigenvalue weighted by Crippen LogP contribution is -2.41. The first-order valence-electron chi connectivity index (χ1n) is 8.06. The SMILES string of the molecule is CCNS(=O)(=O)c1ccc(OC)c(C(=O)N2CCC(C(N)=O)CC2)c1. The maximum absolute atomic E-state index is 12.8. The Kier molecular flexibility index (Phi) is 6.02. The molecule has 8 nitrogen and oxygen atoms in total. The summed E-state index contributed by atoms with van der Waals surface area (Å²) in [5.41, 5.74) is 5.49. The molecule has 2 rings (SSSR count). The number of carbonyl (C=O) groups is 2. The van der Waals surface area contributed by atoms with Crippen molar-refractivity contribution in [2.24, 2.45) is 11.7 Å². The molecule has 1 aliphatic rings. The second-order valence-corrected chi connectivity index (χ2v) is 7.60. The molecule has 0 atom stereocenters. The highest BCUT2D eigenvalue weighted by molar-refractivity contribution is 7.89. The van der Waals surface area contributed by atoms with Gasteiger partial charge in [-0.1, -0.05) is 6.92 Å². The Bertz CT molecular complexity index is 755. The van der Waals surface area contributed by atoms with Crippen LogP contribution in [0.25, 0.3) is 0 Å². The Balaban J connectivity index is 2.28. The predicted octanol–water partition coefficient (Wildman–Crippen LogP) is 0.331. The van der Waals surface area contributed by atoms with Crippen molar-refractivity contribution in [3.63, 3.8) is 0 Å². The van der Waals surface area contributed by atoms with Gasteiger partial charge in [-0.15, -0.1) is 0 Å². The van der Waals surface area contributed by atoms with Crippen LogP contribution in [0.3, 0.4) is 0 Å². The van der Waals surface area contributed by atoms with Crippen molar-refractivity contribution in [2.75, 3.05) is 26.7 Å². The van der Waals surface area contributed by atoms with Crippen molar-refractivity contribution < 1.29 is 22.7 Å². The van der Waals surface area contributed by atoms with Gasteiger partial charge in [0.15, 0.2) is 0 Å². The third-order valence-electron chi connectivity index (χ3n) is 4.23. The maximum atomic E-state index is 12.8. The molecule has 3 N–H and O–H groups in total. The zero-order valence-corrected chi connectivity index (χ0v) is 15.1. The molecule has 1 aliphatic heterocycles. The molecule has 1 saturated heterocycles. The highest BCUT2D eigenvalue weighted by Crippen LogP contribution is 2.26. The average molecular weight is 369 g/mol. The number of benzene rings is 1. The highest BCUT2D eigenvalue weighted by Gasteiger charge is 2.28. The fourth-order valence-corrected chi connectivity index (χ4v) is 3.90. The van der Waals surface area contributed by atoms with Crippen LogP contribution in [0.2, 0.25) is 0 Å². The van der Waals surface area contributed by atoms with E-state index in [0.717, 1.165) is 0 Å². The van der Waals surface area contributed by atoms with E-state index >= 15 is 0 Å². The number of primary amides is 1. The van der Waals surface area contributed by atoms with E-state index in [-0.39, 0.29) is 34.7 Å². The Hall–Kier alpha value is -2.13. The monoisotopic (exact) mass is 369 g/mol. The van der Waals surface area contributed by atoms with Gasteiger partial charge >= 0.3 is 0 Å². The second kappa shape index (κ2) is 7.83. The molecule has 1 fully saturated rings. The first-order valence-corrected chi connectivity index (χ1v) is 9.54. The van der Waals surface area contributed by atoms with E-state index in [1.165, 1.54) is 25.3 Å². The van der Waals surface area contributed by atoms with Crippen LogP contribution in [0.5, 0.6) is 5.75 Å². The fourth-order valence-electron chi connectivity index (χ4n) is 2.83. The highest BCUT2D eigenvalue weighted by atomic mass is 32.2. The summed E-state index contributed by atoms with van der Waals surface area (Å²) < 4.78 is 31.9. The summed E-state index contributed by atoms with van der Waals surface area (Å²) in [6.45, 7) is 2.70. The topological polar surface area (TPSA) is 119 Å². The quantitative estimate of drug-likeness (QED) is 0.749. The van der Waals surface area contributed by atoms with E-state index in [1.807, 2.05) is 0 Å². The molecule has 2 amide bonds. The molecule has 0 spiro atoms. The average Bonchev–Trinajstić information content (AvgIpc) is 2.60. The van der Waals surface area contributed by atoms with E-state index in [1.54, 1.807) is 11.8 Å². The number of methoxy groups -OCH3 is 1. The predicted molar refractivity (Wildman–Crippen MR) is 91.7 cm³/mol. The third kappa shape index (κ3) is 4.29. The summed E-state index contributed by atoms with van der Waals surface area (Å²) in [7, 11) is -2.26. The van der Waals surface area contributed by atoms with Gasteiger partial charge < -0.3 is 15.4 Å². The van der Waals surface area contributed by atoms with Crippen molar-refractivity contribution >= 4 is 21.8 Å². The minimum Gasteiger partial charge on any atom is -0.496 e. The van der Waals surface area contributed by atoms with Crippen LogP contribution >= 0.6 is 0 Å². The van der Waals surface area contributed by atoms with Crippen molar-refractivity contribution in [1.29, 1.82) is 0 Å². The van der Waals surface area contributed by atoms with Crippen molar-refractivity contribution in [1.82, 2.24) is 9.62 Å². The van der Waals surface area contributed by atoms with Gasteiger partial charge in [-0.05, 0) is 31.0 Å². The standard InChI is InChI=1S/C16H23N3O5S/c1-3-18-25(22,23)12-4-5-14(24-2)13(10-12)16(21)19-8-6-11(7-9-19)15(17)20/h4-5,10-11,18H,3,6-9H2,1-2H3,(H2,17,20). The molecular weight excluding hydrogens is 346 g/mol. The lowest BCUT2D eigenvalue weighted by atomic mass is 9.96. The summed E-state index contributed by atoms with van der Waals surface area (Å²) >= 11 is 0. The summed E-state index contributed by atoms with van der Waals surface area (Å²) in [6, 6.07) is 4.18. The first-order chi connectivity index (χ1) is 11.8. The van der Waals surface area contributed by atoms with E-state index in [0.29, 0.717) is 31.7 Å². The number of carbonyl (C=O) groups excluding carboxylic acids is 2. The minimum absolute atomic E-state index is 0.00511. The summed E-state index contributed by atoms with van der Waals surface area (Å²) in [5.74, 6) is -0.611. The number of hydrogen-bond donors (Lipinski definition) is 2. The second-order valence-electron chi connectivity index (χ2n) is 5.83. The van der Waals surface area contributed by atoms with Gasteiger partial charge in [0.05, 0.1) is 17.6 Å².